The molecule has 0 unspecified atom stereocenters. The number of benzene rings is 1. The molecule has 2 aromatic rings. The highest BCUT2D eigenvalue weighted by molar-refractivity contribution is 9.10. The molecule has 0 spiro atoms. The maximum absolute atomic E-state index is 11.4. The highest BCUT2D eigenvalue weighted by Crippen LogP contribution is 2.26. The number of halogens is 1. The van der Waals surface area contributed by atoms with Crippen molar-refractivity contribution in [3.05, 3.63) is 52.6 Å². The molecule has 0 amide bonds. The number of pyridine rings is 1. The van der Waals surface area contributed by atoms with Crippen molar-refractivity contribution >= 4 is 21.9 Å². The molecular formula is C13H10BrNO2. The average Bonchev–Trinajstić information content (AvgIpc) is 2.38. The Balaban J connectivity index is 2.47. The first kappa shape index (κ1) is 11.8. The summed E-state index contributed by atoms with van der Waals surface area (Å²) in [4.78, 5) is 15.7. The van der Waals surface area contributed by atoms with E-state index in [0.717, 1.165) is 15.7 Å². The van der Waals surface area contributed by atoms with Gasteiger partial charge in [0.1, 0.15) is 5.69 Å². The van der Waals surface area contributed by atoms with E-state index in [0.29, 0.717) is 5.69 Å². The molecule has 1 aromatic heterocycles. The Morgan fingerprint density at radius 2 is 1.94 bits per heavy atom. The van der Waals surface area contributed by atoms with E-state index in [4.69, 9.17) is 0 Å². The topological polar surface area (TPSA) is 39.2 Å². The van der Waals surface area contributed by atoms with Crippen molar-refractivity contribution in [3.63, 3.8) is 0 Å². The minimum Gasteiger partial charge on any atom is -0.464 e. The van der Waals surface area contributed by atoms with Crippen molar-refractivity contribution in [3.8, 4) is 11.3 Å². The second-order valence-corrected chi connectivity index (χ2v) is 4.23. The lowest BCUT2D eigenvalue weighted by atomic mass is 10.1. The maximum atomic E-state index is 11.4. The predicted molar refractivity (Wildman–Crippen MR) is 68.7 cm³/mol. The lowest BCUT2D eigenvalue weighted by Gasteiger charge is -2.05. The first-order valence-electron chi connectivity index (χ1n) is 5.02. The van der Waals surface area contributed by atoms with Crippen LogP contribution in [-0.4, -0.2) is 18.1 Å². The summed E-state index contributed by atoms with van der Waals surface area (Å²) in [6.45, 7) is 0. The Hall–Kier alpha value is -1.68. The molecule has 0 aliphatic rings. The van der Waals surface area contributed by atoms with Crippen LogP contribution in [0.4, 0.5) is 0 Å². The van der Waals surface area contributed by atoms with Crippen LogP contribution in [0.1, 0.15) is 10.5 Å². The number of esters is 1. The molecule has 0 saturated carbocycles. The van der Waals surface area contributed by atoms with E-state index in [1.54, 1.807) is 12.1 Å². The van der Waals surface area contributed by atoms with E-state index in [2.05, 4.69) is 25.7 Å². The third kappa shape index (κ3) is 2.53. The van der Waals surface area contributed by atoms with Gasteiger partial charge in [0.2, 0.25) is 0 Å². The number of ether oxygens (including phenoxy) is 1. The lowest BCUT2D eigenvalue weighted by molar-refractivity contribution is 0.0594. The molecule has 17 heavy (non-hydrogen) atoms. The summed E-state index contributed by atoms with van der Waals surface area (Å²) >= 11 is 3.46. The van der Waals surface area contributed by atoms with E-state index in [1.807, 2.05) is 30.3 Å². The Morgan fingerprint density at radius 3 is 2.65 bits per heavy atom. The highest BCUT2D eigenvalue weighted by atomic mass is 79.9. The first-order chi connectivity index (χ1) is 8.22. The van der Waals surface area contributed by atoms with Crippen LogP contribution in [0.5, 0.6) is 0 Å². The van der Waals surface area contributed by atoms with Crippen molar-refractivity contribution in [1.29, 1.82) is 0 Å². The van der Waals surface area contributed by atoms with Gasteiger partial charge in [-0.3, -0.25) is 0 Å². The molecule has 1 aromatic carbocycles. The molecule has 86 valence electrons. The highest BCUT2D eigenvalue weighted by Gasteiger charge is 2.09. The summed E-state index contributed by atoms with van der Waals surface area (Å²) in [6.07, 6.45) is 0. The van der Waals surface area contributed by atoms with Crippen LogP contribution in [-0.2, 0) is 4.74 Å². The van der Waals surface area contributed by atoms with Crippen LogP contribution >= 0.6 is 15.9 Å². The summed E-state index contributed by atoms with van der Waals surface area (Å²) in [5.74, 6) is -0.432. The largest absolute Gasteiger partial charge is 0.464 e. The third-order valence-electron chi connectivity index (χ3n) is 2.29. The number of carbonyl (C=O) groups is 1. The number of rotatable bonds is 2. The van der Waals surface area contributed by atoms with Gasteiger partial charge in [-0.15, -0.1) is 0 Å². The molecule has 0 aliphatic carbocycles. The van der Waals surface area contributed by atoms with Crippen LogP contribution in [0.3, 0.4) is 0 Å². The van der Waals surface area contributed by atoms with Crippen LogP contribution in [0.25, 0.3) is 11.3 Å². The van der Waals surface area contributed by atoms with E-state index < -0.39 is 5.97 Å². The Morgan fingerprint density at radius 1 is 1.18 bits per heavy atom. The average molecular weight is 292 g/mol. The van der Waals surface area contributed by atoms with Crippen LogP contribution in [0.15, 0.2) is 46.9 Å². The fraction of sp³-hybridized carbons (Fsp3) is 0.0769. The molecule has 0 saturated heterocycles. The number of methoxy groups -OCH3 is 1. The molecular weight excluding hydrogens is 282 g/mol. The predicted octanol–water partition coefficient (Wildman–Crippen LogP) is 3.30. The van der Waals surface area contributed by atoms with Crippen LogP contribution in [0.2, 0.25) is 0 Å². The normalized spacial score (nSPS) is 10.0. The van der Waals surface area contributed by atoms with Crippen molar-refractivity contribution in [2.75, 3.05) is 7.11 Å². The molecule has 3 nitrogen and oxygen atoms in total. The van der Waals surface area contributed by atoms with E-state index in [1.165, 1.54) is 7.11 Å². The number of nitrogens with zero attached hydrogens (tertiary/aromatic N) is 1. The third-order valence-corrected chi connectivity index (χ3v) is 2.98. The quantitative estimate of drug-likeness (QED) is 0.797. The minimum atomic E-state index is -0.432. The van der Waals surface area contributed by atoms with Crippen LogP contribution in [0, 0.1) is 0 Å². The molecule has 0 aliphatic heterocycles. The summed E-state index contributed by atoms with van der Waals surface area (Å²) < 4.78 is 5.58. The van der Waals surface area contributed by atoms with Gasteiger partial charge in [-0.05, 0) is 18.2 Å². The fourth-order valence-electron chi connectivity index (χ4n) is 1.47. The molecule has 2 rings (SSSR count). The zero-order valence-electron chi connectivity index (χ0n) is 9.18. The smallest absolute Gasteiger partial charge is 0.356 e. The fourth-order valence-corrected chi connectivity index (χ4v) is 1.96. The second-order valence-electron chi connectivity index (χ2n) is 3.38. The Kier molecular flexibility index (Phi) is 3.54. The van der Waals surface area contributed by atoms with Gasteiger partial charge in [0.15, 0.2) is 0 Å². The van der Waals surface area contributed by atoms with Gasteiger partial charge in [0, 0.05) is 10.0 Å². The molecule has 0 N–H and O–H groups in total. The minimum absolute atomic E-state index is 0.306. The summed E-state index contributed by atoms with van der Waals surface area (Å²) in [5.41, 5.74) is 1.99. The first-order valence-corrected chi connectivity index (χ1v) is 5.82. The maximum Gasteiger partial charge on any atom is 0.356 e. The van der Waals surface area contributed by atoms with Gasteiger partial charge in [0.05, 0.1) is 12.8 Å². The van der Waals surface area contributed by atoms with Gasteiger partial charge in [-0.1, -0.05) is 40.2 Å². The van der Waals surface area contributed by atoms with Gasteiger partial charge in [-0.2, -0.15) is 0 Å². The SMILES string of the molecule is COC(=O)c1cccc(-c2ccccc2Br)n1. The van der Waals surface area contributed by atoms with Gasteiger partial charge < -0.3 is 4.74 Å². The molecule has 4 heteroatoms. The van der Waals surface area contributed by atoms with E-state index >= 15 is 0 Å². The van der Waals surface area contributed by atoms with Crippen LogP contribution < -0.4 is 0 Å². The van der Waals surface area contributed by atoms with Gasteiger partial charge >= 0.3 is 5.97 Å². The van der Waals surface area contributed by atoms with Gasteiger partial charge in [-0.25, -0.2) is 9.78 Å². The molecule has 0 atom stereocenters. The number of hydrogen-bond donors (Lipinski definition) is 0. The summed E-state index contributed by atoms with van der Waals surface area (Å²) in [5, 5.41) is 0. The molecule has 1 heterocycles. The second kappa shape index (κ2) is 5.10. The summed E-state index contributed by atoms with van der Waals surface area (Å²) in [6, 6.07) is 13.0. The van der Waals surface area contributed by atoms with Crippen molar-refractivity contribution < 1.29 is 9.53 Å². The lowest BCUT2D eigenvalue weighted by Crippen LogP contribution is -2.04. The number of aromatic nitrogens is 1. The monoisotopic (exact) mass is 291 g/mol. The number of hydrogen-bond acceptors (Lipinski definition) is 3. The van der Waals surface area contributed by atoms with E-state index in [-0.39, 0.29) is 0 Å². The molecule has 0 bridgehead atoms. The zero-order chi connectivity index (χ0) is 12.3. The molecule has 0 radical (unpaired) electrons. The number of carbonyl (C=O) groups excluding carboxylic acids is 1. The van der Waals surface area contributed by atoms with Crippen molar-refractivity contribution in [1.82, 2.24) is 4.98 Å². The summed E-state index contributed by atoms with van der Waals surface area (Å²) in [7, 11) is 1.34. The van der Waals surface area contributed by atoms with Crippen molar-refractivity contribution in [2.45, 2.75) is 0 Å². The van der Waals surface area contributed by atoms with Crippen molar-refractivity contribution in [2.24, 2.45) is 0 Å². The van der Waals surface area contributed by atoms with E-state index in [9.17, 15) is 4.79 Å². The Bertz CT molecular complexity index is 555. The Labute approximate surface area is 108 Å². The molecule has 0 fully saturated rings. The standard InChI is InChI=1S/C13H10BrNO2/c1-17-13(16)12-8-4-7-11(15-12)9-5-2-3-6-10(9)14/h2-8H,1H3. The zero-order valence-corrected chi connectivity index (χ0v) is 10.8. The van der Waals surface area contributed by atoms with Gasteiger partial charge in [0.25, 0.3) is 0 Å².